The Kier molecular flexibility index (Phi) is 3.21. The maximum atomic E-state index is 9.65. The third-order valence-electron chi connectivity index (χ3n) is 3.55. The van der Waals surface area contributed by atoms with Gasteiger partial charge in [-0.3, -0.25) is 0 Å². The molecule has 3 aromatic rings. The van der Waals surface area contributed by atoms with Crippen LogP contribution in [0.4, 0.5) is 0 Å². The van der Waals surface area contributed by atoms with Crippen molar-refractivity contribution >= 4 is 48.8 Å². The van der Waals surface area contributed by atoms with Crippen molar-refractivity contribution in [1.29, 1.82) is 0 Å². The molecule has 5 heteroatoms. The molecular weight excluding hydrogens is 316 g/mol. The first kappa shape index (κ1) is 13.5. The van der Waals surface area contributed by atoms with Crippen LogP contribution in [0.3, 0.4) is 0 Å². The number of thiophene rings is 1. The van der Waals surface area contributed by atoms with Crippen molar-refractivity contribution in [2.75, 3.05) is 0 Å². The van der Waals surface area contributed by atoms with Crippen LogP contribution in [0.1, 0.15) is 12.1 Å². The molecule has 0 saturated heterocycles. The zero-order valence-corrected chi connectivity index (χ0v) is 13.0. The number of aromatic nitrogens is 2. The summed E-state index contributed by atoms with van der Waals surface area (Å²) in [6.45, 7) is 0. The highest BCUT2D eigenvalue weighted by Crippen LogP contribution is 2.37. The van der Waals surface area contributed by atoms with Crippen LogP contribution in [0.2, 0.25) is 5.28 Å². The number of nitrogens with zero attached hydrogens (tertiary/aromatic N) is 2. The van der Waals surface area contributed by atoms with Gasteiger partial charge in [-0.15, -0.1) is 11.3 Å². The fourth-order valence-corrected chi connectivity index (χ4v) is 3.86. The van der Waals surface area contributed by atoms with E-state index in [0.29, 0.717) is 12.2 Å². The van der Waals surface area contributed by atoms with Crippen LogP contribution in [-0.2, 0) is 0 Å². The van der Waals surface area contributed by atoms with Crippen molar-refractivity contribution in [3.8, 4) is 0 Å². The van der Waals surface area contributed by atoms with Gasteiger partial charge in [-0.2, -0.15) is 0 Å². The minimum absolute atomic E-state index is 0.234. The highest BCUT2D eigenvalue weighted by molar-refractivity contribution is 7.26. The van der Waals surface area contributed by atoms with E-state index in [1.807, 2.05) is 36.4 Å². The molecule has 1 aliphatic carbocycles. The smallest absolute Gasteiger partial charge is 0.223 e. The Morgan fingerprint density at radius 2 is 2.00 bits per heavy atom. The number of halogens is 1. The Labute approximate surface area is 135 Å². The SMILES string of the molecule is OC1=CC=C(c2nc(Cl)nc3c2sc2ccccc23)C=CC1. The summed E-state index contributed by atoms with van der Waals surface area (Å²) < 4.78 is 2.17. The zero-order chi connectivity index (χ0) is 15.1. The van der Waals surface area contributed by atoms with Gasteiger partial charge in [0.05, 0.1) is 21.7 Å². The van der Waals surface area contributed by atoms with Crippen molar-refractivity contribution in [3.05, 3.63) is 65.3 Å². The first-order chi connectivity index (χ1) is 10.7. The molecule has 22 heavy (non-hydrogen) atoms. The maximum Gasteiger partial charge on any atom is 0.223 e. The predicted molar refractivity (Wildman–Crippen MR) is 92.4 cm³/mol. The van der Waals surface area contributed by atoms with Gasteiger partial charge in [0.15, 0.2) is 0 Å². The number of aliphatic hydroxyl groups excluding tert-OH is 1. The average molecular weight is 327 g/mol. The van der Waals surface area contributed by atoms with Crippen LogP contribution in [0, 0.1) is 0 Å². The van der Waals surface area contributed by atoms with E-state index in [1.54, 1.807) is 17.4 Å². The molecule has 0 fully saturated rings. The van der Waals surface area contributed by atoms with Crippen molar-refractivity contribution in [3.63, 3.8) is 0 Å². The van der Waals surface area contributed by atoms with Crippen LogP contribution in [0.5, 0.6) is 0 Å². The van der Waals surface area contributed by atoms with E-state index in [4.69, 9.17) is 11.6 Å². The van der Waals surface area contributed by atoms with E-state index in [9.17, 15) is 5.11 Å². The first-order valence-electron chi connectivity index (χ1n) is 6.84. The standard InChI is InChI=1S/C17H11ClN2OS/c18-17-19-14(10-4-3-5-11(21)9-8-10)16-15(20-17)12-6-1-2-7-13(12)22-16/h1-4,6-9,21H,5H2. The monoisotopic (exact) mass is 326 g/mol. The molecule has 0 bridgehead atoms. The summed E-state index contributed by atoms with van der Waals surface area (Å²) in [6, 6.07) is 8.13. The molecule has 1 aliphatic rings. The molecule has 0 spiro atoms. The zero-order valence-electron chi connectivity index (χ0n) is 11.5. The third kappa shape index (κ3) is 2.21. The fraction of sp³-hybridized carbons (Fsp3) is 0.0588. The minimum atomic E-state index is 0.234. The van der Waals surface area contributed by atoms with Gasteiger partial charge in [0.2, 0.25) is 5.28 Å². The summed E-state index contributed by atoms with van der Waals surface area (Å²) >= 11 is 7.79. The van der Waals surface area contributed by atoms with Gasteiger partial charge in [0.1, 0.15) is 0 Å². The number of fused-ring (bicyclic) bond motifs is 3. The van der Waals surface area contributed by atoms with E-state index in [-0.39, 0.29) is 5.28 Å². The number of benzene rings is 1. The van der Waals surface area contributed by atoms with Crippen molar-refractivity contribution in [1.82, 2.24) is 9.97 Å². The summed E-state index contributed by atoms with van der Waals surface area (Å²) in [4.78, 5) is 8.83. The second-order valence-corrected chi connectivity index (χ2v) is 6.39. The number of aliphatic hydroxyl groups is 1. The van der Waals surface area contributed by atoms with Crippen LogP contribution in [0.25, 0.3) is 25.9 Å². The van der Waals surface area contributed by atoms with Gasteiger partial charge < -0.3 is 5.11 Å². The van der Waals surface area contributed by atoms with Crippen molar-refractivity contribution in [2.24, 2.45) is 0 Å². The minimum Gasteiger partial charge on any atom is -0.512 e. The Balaban J connectivity index is 2.05. The second kappa shape index (κ2) is 5.23. The van der Waals surface area contributed by atoms with Crippen LogP contribution < -0.4 is 0 Å². The molecule has 1 aromatic carbocycles. The van der Waals surface area contributed by atoms with Gasteiger partial charge in [-0.05, 0) is 29.8 Å². The van der Waals surface area contributed by atoms with Gasteiger partial charge in [-0.1, -0.05) is 30.4 Å². The topological polar surface area (TPSA) is 46.0 Å². The van der Waals surface area contributed by atoms with E-state index < -0.39 is 0 Å². The summed E-state index contributed by atoms with van der Waals surface area (Å²) in [6.07, 6.45) is 7.96. The maximum absolute atomic E-state index is 9.65. The van der Waals surface area contributed by atoms with E-state index in [0.717, 1.165) is 31.6 Å². The fourth-order valence-electron chi connectivity index (χ4n) is 2.53. The molecule has 0 amide bonds. The molecule has 0 atom stereocenters. The lowest BCUT2D eigenvalue weighted by Crippen LogP contribution is -1.91. The average Bonchev–Trinajstić information content (AvgIpc) is 2.74. The second-order valence-electron chi connectivity index (χ2n) is 5.00. The third-order valence-corrected chi connectivity index (χ3v) is 4.88. The van der Waals surface area contributed by atoms with Crippen LogP contribution in [0.15, 0.2) is 54.3 Å². The van der Waals surface area contributed by atoms with Gasteiger partial charge in [0, 0.05) is 22.1 Å². The Morgan fingerprint density at radius 3 is 2.91 bits per heavy atom. The number of hydrogen-bond donors (Lipinski definition) is 1. The number of rotatable bonds is 1. The van der Waals surface area contributed by atoms with Gasteiger partial charge in [0.25, 0.3) is 0 Å². The summed E-state index contributed by atoms with van der Waals surface area (Å²) in [5.41, 5.74) is 2.60. The highest BCUT2D eigenvalue weighted by atomic mass is 35.5. The van der Waals surface area contributed by atoms with E-state index in [2.05, 4.69) is 16.0 Å². The van der Waals surface area contributed by atoms with Crippen LogP contribution >= 0.6 is 22.9 Å². The van der Waals surface area contributed by atoms with Crippen LogP contribution in [-0.4, -0.2) is 15.1 Å². The summed E-state index contributed by atoms with van der Waals surface area (Å²) in [5.74, 6) is 0.332. The van der Waals surface area contributed by atoms with Gasteiger partial charge in [-0.25, -0.2) is 9.97 Å². The summed E-state index contributed by atoms with van der Waals surface area (Å²) in [5, 5.41) is 11.0. The lowest BCUT2D eigenvalue weighted by Gasteiger charge is -2.03. The van der Waals surface area contributed by atoms with Gasteiger partial charge >= 0.3 is 0 Å². The first-order valence-corrected chi connectivity index (χ1v) is 8.03. The molecular formula is C17H11ClN2OS. The lowest BCUT2D eigenvalue weighted by molar-refractivity contribution is 0.402. The quantitative estimate of drug-likeness (QED) is 0.618. The highest BCUT2D eigenvalue weighted by Gasteiger charge is 2.15. The molecule has 4 rings (SSSR count). The molecule has 0 radical (unpaired) electrons. The van der Waals surface area contributed by atoms with Crippen molar-refractivity contribution in [2.45, 2.75) is 6.42 Å². The molecule has 2 heterocycles. The Bertz CT molecular complexity index is 985. The summed E-state index contributed by atoms with van der Waals surface area (Å²) in [7, 11) is 0. The Morgan fingerprint density at radius 1 is 1.14 bits per heavy atom. The lowest BCUT2D eigenvalue weighted by atomic mass is 10.1. The normalized spacial score (nSPS) is 15.0. The Hall–Kier alpha value is -2.17. The molecule has 0 saturated carbocycles. The van der Waals surface area contributed by atoms with E-state index >= 15 is 0 Å². The van der Waals surface area contributed by atoms with E-state index in [1.165, 1.54) is 0 Å². The largest absolute Gasteiger partial charge is 0.512 e. The predicted octanol–water partition coefficient (Wildman–Crippen LogP) is 5.28. The molecule has 0 unspecified atom stereocenters. The number of hydrogen-bond acceptors (Lipinski definition) is 4. The molecule has 1 N–H and O–H groups in total. The number of allylic oxidation sites excluding steroid dienone is 5. The van der Waals surface area contributed by atoms with Crippen molar-refractivity contribution < 1.29 is 5.11 Å². The molecule has 0 aliphatic heterocycles. The molecule has 108 valence electrons. The molecule has 3 nitrogen and oxygen atoms in total. The molecule has 2 aromatic heterocycles.